The van der Waals surface area contributed by atoms with Crippen LogP contribution in [0.25, 0.3) is 0 Å². The number of para-hydroxylation sites is 1. The van der Waals surface area contributed by atoms with E-state index in [1.54, 1.807) is 0 Å². The van der Waals surface area contributed by atoms with Crippen LogP contribution in [0.2, 0.25) is 0 Å². The fourth-order valence-corrected chi connectivity index (χ4v) is 3.42. The Bertz CT molecular complexity index is 716. The second kappa shape index (κ2) is 6.40. The van der Waals surface area contributed by atoms with Gasteiger partial charge in [-0.15, -0.1) is 0 Å². The Morgan fingerprint density at radius 3 is 2.00 bits per heavy atom. The molecule has 0 amide bonds. The monoisotopic (exact) mass is 336 g/mol. The molecule has 3 rings (SSSR count). The fourth-order valence-electron chi connectivity index (χ4n) is 3.42. The minimum atomic E-state index is 0.00251. The zero-order chi connectivity index (χ0) is 18.2. The lowest BCUT2D eigenvalue weighted by Crippen LogP contribution is -2.37. The SMILES string of the molecule is CC(C)(C)Nc1cc(C2CC2)cc(N(c2ccccc2)C(C)(C)C)c1. The first kappa shape index (κ1) is 17.8. The maximum absolute atomic E-state index is 3.68. The summed E-state index contributed by atoms with van der Waals surface area (Å²) in [5.74, 6) is 0.734. The Labute approximate surface area is 153 Å². The van der Waals surface area contributed by atoms with Crippen molar-refractivity contribution in [2.75, 3.05) is 10.2 Å². The number of nitrogens with one attached hydrogen (secondary N) is 1. The number of hydrogen-bond acceptors (Lipinski definition) is 2. The molecule has 2 heteroatoms. The molecule has 0 aromatic heterocycles. The molecular formula is C23H32N2. The number of nitrogens with zero attached hydrogens (tertiary/aromatic N) is 1. The smallest absolute Gasteiger partial charge is 0.0439 e. The zero-order valence-corrected chi connectivity index (χ0v) is 16.6. The fraction of sp³-hybridized carbons (Fsp3) is 0.478. The lowest BCUT2D eigenvalue weighted by atomic mass is 10.00. The molecule has 0 bridgehead atoms. The van der Waals surface area contributed by atoms with Gasteiger partial charge in [-0.2, -0.15) is 0 Å². The average Bonchev–Trinajstić information content (AvgIpc) is 3.29. The Morgan fingerprint density at radius 2 is 1.48 bits per heavy atom. The highest BCUT2D eigenvalue weighted by Crippen LogP contribution is 2.44. The Kier molecular flexibility index (Phi) is 4.57. The summed E-state index contributed by atoms with van der Waals surface area (Å²) in [7, 11) is 0. The van der Waals surface area contributed by atoms with Crippen LogP contribution in [0.15, 0.2) is 48.5 Å². The van der Waals surface area contributed by atoms with Gasteiger partial charge in [0.2, 0.25) is 0 Å². The molecule has 2 aromatic carbocycles. The van der Waals surface area contributed by atoms with Crippen LogP contribution in [0.3, 0.4) is 0 Å². The lowest BCUT2D eigenvalue weighted by Gasteiger charge is -2.38. The van der Waals surface area contributed by atoms with E-state index in [2.05, 4.69) is 100 Å². The molecule has 0 aliphatic heterocycles. The van der Waals surface area contributed by atoms with Crippen molar-refractivity contribution in [3.63, 3.8) is 0 Å². The van der Waals surface area contributed by atoms with E-state index >= 15 is 0 Å². The summed E-state index contributed by atoms with van der Waals surface area (Å²) in [4.78, 5) is 2.45. The molecule has 134 valence electrons. The van der Waals surface area contributed by atoms with Gasteiger partial charge in [-0.3, -0.25) is 0 Å². The largest absolute Gasteiger partial charge is 0.380 e. The van der Waals surface area contributed by atoms with Crippen molar-refractivity contribution in [1.29, 1.82) is 0 Å². The maximum Gasteiger partial charge on any atom is 0.0439 e. The summed E-state index contributed by atoms with van der Waals surface area (Å²) < 4.78 is 0. The molecule has 2 nitrogen and oxygen atoms in total. The van der Waals surface area contributed by atoms with Gasteiger partial charge < -0.3 is 10.2 Å². The number of benzene rings is 2. The average molecular weight is 337 g/mol. The van der Waals surface area contributed by atoms with Crippen molar-refractivity contribution < 1.29 is 0 Å². The second-order valence-corrected chi connectivity index (χ2v) is 9.30. The number of anilines is 3. The third-order valence-electron chi connectivity index (χ3n) is 4.45. The highest BCUT2D eigenvalue weighted by atomic mass is 15.2. The van der Waals surface area contributed by atoms with Crippen molar-refractivity contribution >= 4 is 17.1 Å². The minimum absolute atomic E-state index is 0.00251. The summed E-state index contributed by atoms with van der Waals surface area (Å²) in [6, 6.07) is 17.8. The molecule has 1 N–H and O–H groups in total. The van der Waals surface area contributed by atoms with Crippen LogP contribution in [-0.2, 0) is 0 Å². The molecule has 1 aliphatic rings. The standard InChI is InChI=1S/C23H32N2/c1-22(2,3)24-19-14-18(17-12-13-17)15-21(16-19)25(23(4,5)6)20-10-8-7-9-11-20/h7-11,14-17,24H,12-13H2,1-6H3. The van der Waals surface area contributed by atoms with E-state index in [4.69, 9.17) is 0 Å². The van der Waals surface area contributed by atoms with Crippen LogP contribution >= 0.6 is 0 Å². The third kappa shape index (κ3) is 4.56. The van der Waals surface area contributed by atoms with Crippen molar-refractivity contribution in [1.82, 2.24) is 0 Å². The molecule has 0 atom stereocenters. The van der Waals surface area contributed by atoms with Crippen LogP contribution < -0.4 is 10.2 Å². The summed E-state index contributed by atoms with van der Waals surface area (Å²) in [6.45, 7) is 13.5. The first-order valence-electron chi connectivity index (χ1n) is 9.42. The molecule has 1 aliphatic carbocycles. The molecule has 1 saturated carbocycles. The van der Waals surface area contributed by atoms with Crippen LogP contribution in [0.4, 0.5) is 17.1 Å². The normalized spacial score (nSPS) is 15.1. The van der Waals surface area contributed by atoms with Gasteiger partial charge in [-0.1, -0.05) is 18.2 Å². The van der Waals surface area contributed by atoms with E-state index in [0.717, 1.165) is 5.92 Å². The van der Waals surface area contributed by atoms with Crippen molar-refractivity contribution in [3.8, 4) is 0 Å². The lowest BCUT2D eigenvalue weighted by molar-refractivity contribution is 0.560. The van der Waals surface area contributed by atoms with Gasteiger partial charge in [0.1, 0.15) is 0 Å². The summed E-state index contributed by atoms with van der Waals surface area (Å²) >= 11 is 0. The van der Waals surface area contributed by atoms with Crippen LogP contribution in [0, 0.1) is 0 Å². The topological polar surface area (TPSA) is 15.3 Å². The predicted octanol–water partition coefficient (Wildman–Crippen LogP) is 6.71. The Hall–Kier alpha value is -1.96. The van der Waals surface area contributed by atoms with E-state index in [1.165, 1.54) is 35.5 Å². The summed E-state index contributed by atoms with van der Waals surface area (Å²) in [5, 5.41) is 3.68. The van der Waals surface area contributed by atoms with Gasteiger partial charge in [-0.25, -0.2) is 0 Å². The van der Waals surface area contributed by atoms with E-state index in [9.17, 15) is 0 Å². The van der Waals surface area contributed by atoms with Crippen molar-refractivity contribution in [3.05, 3.63) is 54.1 Å². The second-order valence-electron chi connectivity index (χ2n) is 9.30. The van der Waals surface area contributed by atoms with Gasteiger partial charge in [0.05, 0.1) is 0 Å². The van der Waals surface area contributed by atoms with E-state index in [0.29, 0.717) is 0 Å². The van der Waals surface area contributed by atoms with E-state index < -0.39 is 0 Å². The zero-order valence-electron chi connectivity index (χ0n) is 16.6. The molecular weight excluding hydrogens is 304 g/mol. The van der Waals surface area contributed by atoms with Crippen LogP contribution in [-0.4, -0.2) is 11.1 Å². The molecule has 1 fully saturated rings. The first-order valence-corrected chi connectivity index (χ1v) is 9.42. The van der Waals surface area contributed by atoms with Crippen LogP contribution in [0.1, 0.15) is 65.9 Å². The molecule has 25 heavy (non-hydrogen) atoms. The Morgan fingerprint density at radius 1 is 0.840 bits per heavy atom. The van der Waals surface area contributed by atoms with Crippen LogP contribution in [0.5, 0.6) is 0 Å². The molecule has 0 heterocycles. The number of rotatable bonds is 4. The number of hydrogen-bond donors (Lipinski definition) is 1. The molecule has 0 saturated heterocycles. The Balaban J connectivity index is 2.08. The third-order valence-corrected chi connectivity index (χ3v) is 4.45. The van der Waals surface area contributed by atoms with Gasteiger partial charge in [0, 0.05) is 28.1 Å². The molecule has 0 radical (unpaired) electrons. The molecule has 0 spiro atoms. The van der Waals surface area contributed by atoms with Gasteiger partial charge in [0.15, 0.2) is 0 Å². The summed E-state index contributed by atoms with van der Waals surface area (Å²) in [5.41, 5.74) is 5.26. The van der Waals surface area contributed by atoms with Gasteiger partial charge >= 0.3 is 0 Å². The minimum Gasteiger partial charge on any atom is -0.380 e. The molecule has 0 unspecified atom stereocenters. The first-order chi connectivity index (χ1) is 11.6. The highest BCUT2D eigenvalue weighted by molar-refractivity contribution is 5.71. The van der Waals surface area contributed by atoms with E-state index in [-0.39, 0.29) is 11.1 Å². The van der Waals surface area contributed by atoms with Gasteiger partial charge in [0.25, 0.3) is 0 Å². The summed E-state index contributed by atoms with van der Waals surface area (Å²) in [6.07, 6.45) is 2.64. The predicted molar refractivity (Wildman–Crippen MR) is 110 cm³/mol. The van der Waals surface area contributed by atoms with Gasteiger partial charge in [-0.05, 0) is 96.2 Å². The van der Waals surface area contributed by atoms with E-state index in [1.807, 2.05) is 0 Å². The molecule has 2 aromatic rings. The maximum atomic E-state index is 3.68. The van der Waals surface area contributed by atoms with Crippen molar-refractivity contribution in [2.24, 2.45) is 0 Å². The van der Waals surface area contributed by atoms with Crippen molar-refractivity contribution in [2.45, 2.75) is 71.4 Å². The quantitative estimate of drug-likeness (QED) is 0.667. The highest BCUT2D eigenvalue weighted by Gasteiger charge is 2.28.